The molecule has 0 radical (unpaired) electrons. The molecule has 7 heteroatoms. The van der Waals surface area contributed by atoms with Crippen molar-refractivity contribution in [1.29, 1.82) is 0 Å². The summed E-state index contributed by atoms with van der Waals surface area (Å²) in [6.07, 6.45) is 0. The third-order valence-corrected chi connectivity index (χ3v) is 3.78. The Hall–Kier alpha value is -3.09. The molecule has 0 aromatic heterocycles. The van der Waals surface area contributed by atoms with Gasteiger partial charge in [-0.25, -0.2) is 0 Å². The van der Waals surface area contributed by atoms with Crippen LogP contribution < -0.4 is 15.4 Å². The number of benzene rings is 2. The molecule has 0 atom stereocenters. The number of nitrogens with zero attached hydrogens (tertiary/aromatic N) is 1. The number of rotatable bonds is 8. The van der Waals surface area contributed by atoms with E-state index in [0.717, 1.165) is 11.1 Å². The summed E-state index contributed by atoms with van der Waals surface area (Å²) in [5, 5.41) is 16.6. The van der Waals surface area contributed by atoms with Gasteiger partial charge in [0.1, 0.15) is 11.4 Å². The molecular weight excluding hydrogens is 322 g/mol. The molecule has 0 heterocycles. The monoisotopic (exact) mass is 343 g/mol. The minimum atomic E-state index is -0.446. The molecule has 0 aliphatic carbocycles. The Labute approximate surface area is 146 Å². The first-order valence-electron chi connectivity index (χ1n) is 7.92. The van der Waals surface area contributed by atoms with E-state index in [0.29, 0.717) is 24.5 Å². The summed E-state index contributed by atoms with van der Waals surface area (Å²) < 4.78 is 5.52. The summed E-state index contributed by atoms with van der Waals surface area (Å²) in [6.45, 7) is 4.56. The molecule has 132 valence electrons. The Morgan fingerprint density at radius 1 is 1.12 bits per heavy atom. The van der Waals surface area contributed by atoms with Gasteiger partial charge in [0.25, 0.3) is 11.6 Å². The lowest BCUT2D eigenvalue weighted by molar-refractivity contribution is -0.384. The van der Waals surface area contributed by atoms with Gasteiger partial charge in [0.05, 0.1) is 4.92 Å². The molecule has 2 N–H and O–H groups in total. The van der Waals surface area contributed by atoms with E-state index in [2.05, 4.69) is 10.6 Å². The van der Waals surface area contributed by atoms with Gasteiger partial charge in [-0.2, -0.15) is 0 Å². The predicted molar refractivity (Wildman–Crippen MR) is 96.0 cm³/mol. The number of nitrogens with one attached hydrogen (secondary N) is 2. The molecule has 0 aliphatic heterocycles. The van der Waals surface area contributed by atoms with Crippen molar-refractivity contribution in [2.45, 2.75) is 13.8 Å². The van der Waals surface area contributed by atoms with Crippen LogP contribution in [0.3, 0.4) is 0 Å². The molecule has 2 rings (SSSR count). The molecule has 0 spiro atoms. The molecular formula is C18H21N3O4. The standard InChI is InChI=1S/C18H21N3O4/c1-13-6-5-9-17(14(13)2)25-12-18(22)20-11-10-19-15-7-3-4-8-16(15)21(23)24/h3-9,19H,10-12H2,1-2H3,(H,20,22). The lowest BCUT2D eigenvalue weighted by Crippen LogP contribution is -2.32. The highest BCUT2D eigenvalue weighted by Crippen LogP contribution is 2.22. The van der Waals surface area contributed by atoms with E-state index in [1.54, 1.807) is 18.2 Å². The average Bonchev–Trinajstić information content (AvgIpc) is 2.60. The van der Waals surface area contributed by atoms with Gasteiger partial charge < -0.3 is 15.4 Å². The fourth-order valence-corrected chi connectivity index (χ4v) is 2.26. The number of para-hydroxylation sites is 2. The van der Waals surface area contributed by atoms with Gasteiger partial charge in [0, 0.05) is 19.2 Å². The Bertz CT molecular complexity index is 762. The smallest absolute Gasteiger partial charge is 0.292 e. The minimum absolute atomic E-state index is 0.00656. The summed E-state index contributed by atoms with van der Waals surface area (Å²) in [5.41, 5.74) is 2.54. The van der Waals surface area contributed by atoms with Crippen LogP contribution in [0.25, 0.3) is 0 Å². The summed E-state index contributed by atoms with van der Waals surface area (Å²) in [6, 6.07) is 12.1. The second-order valence-electron chi connectivity index (χ2n) is 5.54. The Morgan fingerprint density at radius 3 is 2.64 bits per heavy atom. The van der Waals surface area contributed by atoms with Crippen LogP contribution in [0.1, 0.15) is 11.1 Å². The number of carbonyl (C=O) groups is 1. The van der Waals surface area contributed by atoms with Crippen LogP contribution in [-0.2, 0) is 4.79 Å². The Balaban J connectivity index is 1.74. The zero-order chi connectivity index (χ0) is 18.2. The molecule has 2 aromatic rings. The molecule has 0 aliphatic rings. The van der Waals surface area contributed by atoms with Gasteiger partial charge in [0.15, 0.2) is 6.61 Å². The van der Waals surface area contributed by atoms with E-state index < -0.39 is 4.92 Å². The maximum Gasteiger partial charge on any atom is 0.292 e. The van der Waals surface area contributed by atoms with Crippen LogP contribution in [0.15, 0.2) is 42.5 Å². The van der Waals surface area contributed by atoms with Crippen molar-refractivity contribution < 1.29 is 14.5 Å². The van der Waals surface area contributed by atoms with Crippen LogP contribution in [0.5, 0.6) is 5.75 Å². The van der Waals surface area contributed by atoms with E-state index in [-0.39, 0.29) is 18.2 Å². The van der Waals surface area contributed by atoms with Crippen molar-refractivity contribution in [2.75, 3.05) is 25.0 Å². The number of amides is 1. The van der Waals surface area contributed by atoms with E-state index in [1.807, 2.05) is 32.0 Å². The van der Waals surface area contributed by atoms with Gasteiger partial charge in [-0.1, -0.05) is 24.3 Å². The lowest BCUT2D eigenvalue weighted by Gasteiger charge is -2.11. The van der Waals surface area contributed by atoms with Crippen LogP contribution in [0.4, 0.5) is 11.4 Å². The molecule has 25 heavy (non-hydrogen) atoms. The highest BCUT2D eigenvalue weighted by Gasteiger charge is 2.11. The van der Waals surface area contributed by atoms with E-state index in [4.69, 9.17) is 4.74 Å². The number of hydrogen-bond acceptors (Lipinski definition) is 5. The zero-order valence-corrected chi connectivity index (χ0v) is 14.2. The number of ether oxygens (including phenoxy) is 1. The third kappa shape index (κ3) is 5.20. The molecule has 0 saturated heterocycles. The van der Waals surface area contributed by atoms with Crippen molar-refractivity contribution in [2.24, 2.45) is 0 Å². The SMILES string of the molecule is Cc1cccc(OCC(=O)NCCNc2ccccc2[N+](=O)[O-])c1C. The molecule has 0 fully saturated rings. The Morgan fingerprint density at radius 2 is 1.88 bits per heavy atom. The topological polar surface area (TPSA) is 93.5 Å². The van der Waals surface area contributed by atoms with E-state index in [1.165, 1.54) is 6.07 Å². The fraction of sp³-hybridized carbons (Fsp3) is 0.278. The van der Waals surface area contributed by atoms with E-state index in [9.17, 15) is 14.9 Å². The van der Waals surface area contributed by atoms with Crippen LogP contribution >= 0.6 is 0 Å². The molecule has 7 nitrogen and oxygen atoms in total. The molecule has 0 saturated carbocycles. The highest BCUT2D eigenvalue weighted by atomic mass is 16.6. The predicted octanol–water partition coefficient (Wildman–Crippen LogP) is 2.82. The van der Waals surface area contributed by atoms with Crippen molar-refractivity contribution >= 4 is 17.3 Å². The quantitative estimate of drug-likeness (QED) is 0.437. The highest BCUT2D eigenvalue weighted by molar-refractivity contribution is 5.77. The maximum absolute atomic E-state index is 11.8. The van der Waals surface area contributed by atoms with Crippen molar-refractivity contribution in [1.82, 2.24) is 5.32 Å². The number of anilines is 1. The van der Waals surface area contributed by atoms with Crippen molar-refractivity contribution in [3.05, 3.63) is 63.7 Å². The normalized spacial score (nSPS) is 10.2. The van der Waals surface area contributed by atoms with Crippen LogP contribution in [0.2, 0.25) is 0 Å². The first-order chi connectivity index (χ1) is 12.0. The largest absolute Gasteiger partial charge is 0.483 e. The number of nitro benzene ring substituents is 1. The van der Waals surface area contributed by atoms with Gasteiger partial charge in [-0.15, -0.1) is 0 Å². The number of nitro groups is 1. The van der Waals surface area contributed by atoms with Gasteiger partial charge >= 0.3 is 0 Å². The van der Waals surface area contributed by atoms with Crippen molar-refractivity contribution in [3.8, 4) is 5.75 Å². The van der Waals surface area contributed by atoms with Crippen LogP contribution in [-0.4, -0.2) is 30.5 Å². The summed E-state index contributed by atoms with van der Waals surface area (Å²) in [4.78, 5) is 22.3. The molecule has 1 amide bonds. The summed E-state index contributed by atoms with van der Waals surface area (Å²) in [5.74, 6) is 0.443. The first-order valence-corrected chi connectivity index (χ1v) is 7.92. The fourth-order valence-electron chi connectivity index (χ4n) is 2.26. The lowest BCUT2D eigenvalue weighted by atomic mass is 10.1. The second kappa shape index (κ2) is 8.68. The van der Waals surface area contributed by atoms with Gasteiger partial charge in [-0.3, -0.25) is 14.9 Å². The first kappa shape index (κ1) is 18.3. The van der Waals surface area contributed by atoms with Crippen LogP contribution in [0, 0.1) is 24.0 Å². The summed E-state index contributed by atoms with van der Waals surface area (Å²) in [7, 11) is 0. The average molecular weight is 343 g/mol. The van der Waals surface area contributed by atoms with Crippen molar-refractivity contribution in [3.63, 3.8) is 0 Å². The van der Waals surface area contributed by atoms with Gasteiger partial charge in [-0.05, 0) is 37.1 Å². The number of carbonyl (C=O) groups excluding carboxylic acids is 1. The maximum atomic E-state index is 11.8. The van der Waals surface area contributed by atoms with E-state index >= 15 is 0 Å². The number of aryl methyl sites for hydroxylation is 1. The second-order valence-corrected chi connectivity index (χ2v) is 5.54. The molecule has 2 aromatic carbocycles. The summed E-state index contributed by atoms with van der Waals surface area (Å²) >= 11 is 0. The number of hydrogen-bond donors (Lipinski definition) is 2. The third-order valence-electron chi connectivity index (χ3n) is 3.78. The zero-order valence-electron chi connectivity index (χ0n) is 14.2. The molecule has 0 unspecified atom stereocenters. The van der Waals surface area contributed by atoms with Gasteiger partial charge in [0.2, 0.25) is 0 Å². The minimum Gasteiger partial charge on any atom is -0.483 e. The molecule has 0 bridgehead atoms. The Kier molecular flexibility index (Phi) is 6.33.